The Morgan fingerprint density at radius 3 is 2.23 bits per heavy atom. The molecule has 2 heterocycles. The van der Waals surface area contributed by atoms with Crippen molar-refractivity contribution in [3.05, 3.63) is 94.6 Å². The zero-order chi connectivity index (χ0) is 38.1. The first-order valence-electron chi connectivity index (χ1n) is 18.1. The topological polar surface area (TPSA) is 82.1 Å². The van der Waals surface area contributed by atoms with Crippen molar-refractivity contribution in [1.82, 2.24) is 4.90 Å². The Hall–Kier alpha value is -3.49. The molecule has 2 aliphatic carbocycles. The van der Waals surface area contributed by atoms with Crippen LogP contribution >= 0.6 is 0 Å². The molecule has 3 aromatic carbocycles. The lowest BCUT2D eigenvalue weighted by Gasteiger charge is -2.43. The number of aryl methyl sites for hydroxylation is 1. The number of alkyl halides is 3. The van der Waals surface area contributed by atoms with Gasteiger partial charge in [-0.25, -0.2) is 17.2 Å². The van der Waals surface area contributed by atoms with E-state index in [1.165, 1.54) is 18.2 Å². The van der Waals surface area contributed by atoms with Crippen LogP contribution in [0.25, 0.3) is 0 Å². The van der Waals surface area contributed by atoms with Crippen molar-refractivity contribution in [2.75, 3.05) is 6.54 Å². The maximum absolute atomic E-state index is 14.8. The van der Waals surface area contributed by atoms with E-state index < -0.39 is 67.4 Å². The molecule has 7 rings (SSSR count). The van der Waals surface area contributed by atoms with Crippen LogP contribution in [0.4, 0.5) is 22.0 Å². The number of sulfone groups is 1. The molecule has 4 aliphatic rings. The molecule has 3 fully saturated rings. The van der Waals surface area contributed by atoms with Crippen LogP contribution < -0.4 is 4.74 Å². The van der Waals surface area contributed by atoms with Gasteiger partial charge in [0.25, 0.3) is 0 Å². The largest absolute Gasteiger partial charge is 0.489 e. The van der Waals surface area contributed by atoms with Gasteiger partial charge in [-0.2, -0.15) is 13.2 Å². The maximum atomic E-state index is 14.8. The smallest absolute Gasteiger partial charge is 0.461 e. The average Bonchev–Trinajstić information content (AvgIpc) is 3.61. The summed E-state index contributed by atoms with van der Waals surface area (Å²) in [7, 11) is -4.60. The van der Waals surface area contributed by atoms with Crippen LogP contribution in [-0.4, -0.2) is 50.1 Å². The Balaban J connectivity index is 1.16. The fourth-order valence-electron chi connectivity index (χ4n) is 8.76. The molecule has 7 nitrogen and oxygen atoms in total. The molecule has 3 aromatic rings. The SMILES string of the molecule is CC1(C)OB(C2CCC(C(=O)N3CC[C@@]4(S(=O)(=O)c5ccc(F)cc5)c5ccc(OCc6c(F)cccc6C(F)(F)F)cc5CC[C@@H]34)CC2)OC1(C)C. The highest BCUT2D eigenvalue weighted by molar-refractivity contribution is 7.92. The lowest BCUT2D eigenvalue weighted by molar-refractivity contribution is -0.139. The Morgan fingerprint density at radius 1 is 0.925 bits per heavy atom. The molecule has 1 saturated carbocycles. The van der Waals surface area contributed by atoms with Gasteiger partial charge < -0.3 is 18.9 Å². The summed E-state index contributed by atoms with van der Waals surface area (Å²) < 4.78 is 116. The van der Waals surface area contributed by atoms with Gasteiger partial charge >= 0.3 is 13.3 Å². The molecule has 0 spiro atoms. The first-order chi connectivity index (χ1) is 24.9. The Kier molecular flexibility index (Phi) is 9.54. The van der Waals surface area contributed by atoms with Crippen LogP contribution in [0.5, 0.6) is 5.75 Å². The van der Waals surface area contributed by atoms with E-state index >= 15 is 0 Å². The number of carbonyl (C=O) groups is 1. The molecular weight excluding hydrogens is 716 g/mol. The highest BCUT2D eigenvalue weighted by atomic mass is 32.2. The number of hydrogen-bond acceptors (Lipinski definition) is 6. The molecule has 0 radical (unpaired) electrons. The summed E-state index contributed by atoms with van der Waals surface area (Å²) in [5, 5.41) is 0. The molecule has 0 N–H and O–H groups in total. The maximum Gasteiger partial charge on any atom is 0.461 e. The van der Waals surface area contributed by atoms with Crippen molar-refractivity contribution in [3.63, 3.8) is 0 Å². The lowest BCUT2D eigenvalue weighted by atomic mass is 9.62. The van der Waals surface area contributed by atoms with Crippen LogP contribution in [0.2, 0.25) is 5.82 Å². The molecule has 14 heteroatoms. The van der Waals surface area contributed by atoms with Crippen molar-refractivity contribution in [2.45, 2.75) is 118 Å². The predicted octanol–water partition coefficient (Wildman–Crippen LogP) is 8.43. The summed E-state index contributed by atoms with van der Waals surface area (Å²) in [6.45, 7) is 7.55. The fourth-order valence-corrected chi connectivity index (χ4v) is 11.1. The third kappa shape index (κ3) is 6.46. The predicted molar refractivity (Wildman–Crippen MR) is 188 cm³/mol. The zero-order valence-electron chi connectivity index (χ0n) is 30.1. The molecule has 2 aliphatic heterocycles. The number of nitrogens with zero attached hydrogens (tertiary/aromatic N) is 1. The monoisotopic (exact) mass is 759 g/mol. The summed E-state index contributed by atoms with van der Waals surface area (Å²) in [5.41, 5.74) is -1.62. The van der Waals surface area contributed by atoms with Gasteiger partial charge in [0.15, 0.2) is 9.84 Å². The van der Waals surface area contributed by atoms with Gasteiger partial charge in [-0.05, 0) is 125 Å². The van der Waals surface area contributed by atoms with E-state index in [0.717, 1.165) is 43.2 Å². The first-order valence-corrected chi connectivity index (χ1v) is 19.6. The minimum atomic E-state index is -4.79. The second-order valence-corrected chi connectivity index (χ2v) is 18.0. The summed E-state index contributed by atoms with van der Waals surface area (Å²) in [4.78, 5) is 16.0. The number of amides is 1. The third-order valence-corrected chi connectivity index (χ3v) is 14.9. The molecule has 2 saturated heterocycles. The number of likely N-dealkylation sites (tertiary alicyclic amines) is 1. The fraction of sp³-hybridized carbons (Fsp3) is 0.513. The van der Waals surface area contributed by atoms with Crippen LogP contribution in [0.3, 0.4) is 0 Å². The third-order valence-electron chi connectivity index (χ3n) is 12.3. The minimum Gasteiger partial charge on any atom is -0.489 e. The van der Waals surface area contributed by atoms with Crippen molar-refractivity contribution < 1.29 is 49.2 Å². The van der Waals surface area contributed by atoms with Gasteiger partial charge in [0.1, 0.15) is 28.7 Å². The molecule has 0 bridgehead atoms. The van der Waals surface area contributed by atoms with Crippen molar-refractivity contribution in [3.8, 4) is 5.75 Å². The minimum absolute atomic E-state index is 0.0754. The van der Waals surface area contributed by atoms with Crippen molar-refractivity contribution in [2.24, 2.45) is 5.92 Å². The van der Waals surface area contributed by atoms with Crippen LogP contribution in [0.15, 0.2) is 65.6 Å². The molecular formula is C39H43BF5NO6S. The van der Waals surface area contributed by atoms with Crippen LogP contribution in [0, 0.1) is 17.6 Å². The van der Waals surface area contributed by atoms with Crippen molar-refractivity contribution >= 4 is 22.9 Å². The van der Waals surface area contributed by atoms with E-state index in [1.807, 2.05) is 27.7 Å². The Morgan fingerprint density at radius 2 is 1.58 bits per heavy atom. The highest BCUT2D eigenvalue weighted by Gasteiger charge is 2.61. The normalized spacial score (nSPS) is 26.6. The van der Waals surface area contributed by atoms with Gasteiger partial charge in [-0.15, -0.1) is 0 Å². The molecule has 1 amide bonds. The Labute approximate surface area is 307 Å². The van der Waals surface area contributed by atoms with E-state index in [2.05, 4.69) is 0 Å². The average molecular weight is 760 g/mol. The van der Waals surface area contributed by atoms with E-state index in [0.29, 0.717) is 36.8 Å². The number of hydrogen-bond donors (Lipinski definition) is 0. The van der Waals surface area contributed by atoms with Gasteiger partial charge in [-0.3, -0.25) is 4.79 Å². The number of carbonyl (C=O) groups excluding carboxylic acids is 1. The number of halogens is 5. The second kappa shape index (κ2) is 13.4. The van der Waals surface area contributed by atoms with Gasteiger partial charge in [0.05, 0.1) is 27.7 Å². The number of fused-ring (bicyclic) bond motifs is 3. The highest BCUT2D eigenvalue weighted by Crippen LogP contribution is 2.54. The van der Waals surface area contributed by atoms with Crippen LogP contribution in [0.1, 0.15) is 88.5 Å². The molecule has 0 aromatic heterocycles. The zero-order valence-corrected chi connectivity index (χ0v) is 31.0. The number of ether oxygens (including phenoxy) is 1. The van der Waals surface area contributed by atoms with Gasteiger partial charge in [0, 0.05) is 18.0 Å². The lowest BCUT2D eigenvalue weighted by Crippen LogP contribution is -2.53. The molecule has 2 atom stereocenters. The summed E-state index contributed by atoms with van der Waals surface area (Å²) >= 11 is 0. The van der Waals surface area contributed by atoms with Gasteiger partial charge in [-0.1, -0.05) is 25.0 Å². The van der Waals surface area contributed by atoms with Crippen molar-refractivity contribution in [1.29, 1.82) is 0 Å². The summed E-state index contributed by atoms with van der Waals surface area (Å²) in [5.74, 6) is -1.75. The van der Waals surface area contributed by atoms with E-state index in [9.17, 15) is 35.2 Å². The first kappa shape index (κ1) is 37.8. The van der Waals surface area contributed by atoms with E-state index in [4.69, 9.17) is 14.0 Å². The second-order valence-electron chi connectivity index (χ2n) is 15.8. The quantitative estimate of drug-likeness (QED) is 0.137. The molecule has 284 valence electrons. The summed E-state index contributed by atoms with van der Waals surface area (Å²) in [6, 6.07) is 11.3. The van der Waals surface area contributed by atoms with E-state index in [1.54, 1.807) is 17.0 Å². The number of benzene rings is 3. The molecule has 53 heavy (non-hydrogen) atoms. The van der Waals surface area contributed by atoms with E-state index in [-0.39, 0.29) is 48.4 Å². The standard InChI is InChI=1S/C39H43BF5NO6S/c1-36(2)37(3,4)52-40(51-36)26-11-8-24(9-12-26)35(47)46-21-20-38(53(48,49)29-16-13-27(41)14-17-29)31-18-15-28(22-25(31)10-19-34(38)46)50-23-30-32(39(43,44)45)6-5-7-33(30)42/h5-7,13-18,22,24,26,34H,8-12,19-21,23H2,1-4H3/t24?,26?,34-,38-/m1/s1. The Bertz CT molecular complexity index is 1980. The van der Waals surface area contributed by atoms with Crippen LogP contribution in [-0.2, 0) is 47.9 Å². The molecule has 0 unspecified atom stereocenters. The summed E-state index contributed by atoms with van der Waals surface area (Å²) in [6.07, 6.45) is -1.33. The van der Waals surface area contributed by atoms with Gasteiger partial charge in [0.2, 0.25) is 5.91 Å². The number of rotatable bonds is 7.